The molecular formula is C11H10Br2N2O2. The topological polar surface area (TPSA) is 58.9 Å². The van der Waals surface area contributed by atoms with Crippen molar-refractivity contribution in [3.05, 3.63) is 37.3 Å². The van der Waals surface area contributed by atoms with E-state index in [4.69, 9.17) is 4.42 Å². The number of H-pyrrole nitrogens is 1. The molecule has 0 bridgehead atoms. The summed E-state index contributed by atoms with van der Waals surface area (Å²) in [7, 11) is 0. The fraction of sp³-hybridized carbons (Fsp3) is 0.273. The summed E-state index contributed by atoms with van der Waals surface area (Å²) in [5, 5.41) is 0. The largest absolute Gasteiger partial charge is 0.460 e. The van der Waals surface area contributed by atoms with Crippen molar-refractivity contribution in [2.45, 2.75) is 19.8 Å². The Morgan fingerprint density at radius 1 is 1.47 bits per heavy atom. The summed E-state index contributed by atoms with van der Waals surface area (Å²) in [5.41, 5.74) is 0.552. The molecule has 0 radical (unpaired) electrons. The molecule has 0 fully saturated rings. The van der Waals surface area contributed by atoms with E-state index in [0.29, 0.717) is 16.1 Å². The normalized spacial score (nSPS) is 10.8. The van der Waals surface area contributed by atoms with Crippen LogP contribution < -0.4 is 5.56 Å². The molecule has 0 unspecified atom stereocenters. The van der Waals surface area contributed by atoms with Crippen molar-refractivity contribution in [1.82, 2.24) is 9.97 Å². The van der Waals surface area contributed by atoms with Gasteiger partial charge in [0, 0.05) is 0 Å². The van der Waals surface area contributed by atoms with Crippen LogP contribution in [0.25, 0.3) is 11.6 Å². The number of rotatable bonds is 3. The first-order valence-electron chi connectivity index (χ1n) is 5.15. The van der Waals surface area contributed by atoms with Gasteiger partial charge in [-0.05, 0) is 44.3 Å². The van der Waals surface area contributed by atoms with E-state index in [1.54, 1.807) is 12.3 Å². The molecule has 4 nitrogen and oxygen atoms in total. The molecule has 0 aliphatic carbocycles. The second-order valence-electron chi connectivity index (χ2n) is 3.52. The van der Waals surface area contributed by atoms with E-state index in [-0.39, 0.29) is 5.56 Å². The molecule has 0 atom stereocenters. The van der Waals surface area contributed by atoms with Crippen LogP contribution in [0.15, 0.2) is 30.5 Å². The summed E-state index contributed by atoms with van der Waals surface area (Å²) >= 11 is 6.59. The summed E-state index contributed by atoms with van der Waals surface area (Å²) in [6.45, 7) is 2.04. The molecule has 2 aromatic heterocycles. The zero-order valence-electron chi connectivity index (χ0n) is 9.09. The number of nitrogens with one attached hydrogen (secondary N) is 1. The molecule has 0 saturated carbocycles. The molecule has 0 aliphatic heterocycles. The van der Waals surface area contributed by atoms with Gasteiger partial charge in [-0.2, -0.15) is 0 Å². The number of aromatic amines is 1. The first-order valence-corrected chi connectivity index (χ1v) is 6.74. The Morgan fingerprint density at radius 2 is 2.24 bits per heavy atom. The van der Waals surface area contributed by atoms with Gasteiger partial charge in [0.25, 0.3) is 5.56 Å². The fourth-order valence-corrected chi connectivity index (χ4v) is 2.25. The number of nitrogens with zero attached hydrogens (tertiary/aromatic N) is 1. The van der Waals surface area contributed by atoms with E-state index >= 15 is 0 Å². The summed E-state index contributed by atoms with van der Waals surface area (Å²) in [5.74, 6) is 0.977. The molecule has 0 aliphatic rings. The molecule has 17 heavy (non-hydrogen) atoms. The Bertz CT molecular complexity index is 589. The van der Waals surface area contributed by atoms with E-state index in [1.165, 1.54) is 0 Å². The van der Waals surface area contributed by atoms with Crippen molar-refractivity contribution in [2.24, 2.45) is 0 Å². The first-order chi connectivity index (χ1) is 8.13. The highest BCUT2D eigenvalue weighted by Crippen LogP contribution is 2.26. The number of hydrogen-bond acceptors (Lipinski definition) is 3. The molecule has 0 aromatic carbocycles. The van der Waals surface area contributed by atoms with Crippen molar-refractivity contribution < 1.29 is 4.42 Å². The second-order valence-corrected chi connectivity index (χ2v) is 5.17. The molecule has 2 heterocycles. The maximum absolute atomic E-state index is 11.7. The van der Waals surface area contributed by atoms with E-state index in [9.17, 15) is 4.79 Å². The van der Waals surface area contributed by atoms with Crippen LogP contribution in [0.4, 0.5) is 0 Å². The van der Waals surface area contributed by atoms with Crippen LogP contribution in [0, 0.1) is 0 Å². The Balaban J connectivity index is 2.57. The zero-order chi connectivity index (χ0) is 12.4. The van der Waals surface area contributed by atoms with Gasteiger partial charge in [-0.1, -0.05) is 13.3 Å². The minimum absolute atomic E-state index is 0.193. The van der Waals surface area contributed by atoms with Gasteiger partial charge < -0.3 is 9.40 Å². The Hall–Kier alpha value is -0.880. The van der Waals surface area contributed by atoms with Crippen LogP contribution in [0.1, 0.15) is 19.0 Å². The maximum Gasteiger partial charge on any atom is 0.265 e. The Kier molecular flexibility index (Phi) is 3.83. The summed E-state index contributed by atoms with van der Waals surface area (Å²) in [6.07, 6.45) is 3.21. The molecule has 1 N–H and O–H groups in total. The molecule has 0 amide bonds. The summed E-state index contributed by atoms with van der Waals surface area (Å²) in [4.78, 5) is 18.8. The smallest absolute Gasteiger partial charge is 0.265 e. The predicted molar refractivity (Wildman–Crippen MR) is 72.0 cm³/mol. The van der Waals surface area contributed by atoms with E-state index < -0.39 is 0 Å². The quantitative estimate of drug-likeness (QED) is 0.909. The number of halogens is 2. The third kappa shape index (κ3) is 2.52. The van der Waals surface area contributed by atoms with E-state index in [0.717, 1.165) is 23.0 Å². The first kappa shape index (κ1) is 12.6. The maximum atomic E-state index is 11.7. The van der Waals surface area contributed by atoms with Gasteiger partial charge in [-0.15, -0.1) is 0 Å². The van der Waals surface area contributed by atoms with Crippen LogP contribution in [-0.2, 0) is 6.42 Å². The summed E-state index contributed by atoms with van der Waals surface area (Å²) in [6, 6.07) is 1.76. The third-order valence-corrected chi connectivity index (χ3v) is 3.69. The lowest BCUT2D eigenvalue weighted by Crippen LogP contribution is -2.13. The number of aryl methyl sites for hydroxylation is 1. The van der Waals surface area contributed by atoms with Gasteiger partial charge in [-0.3, -0.25) is 4.79 Å². The summed E-state index contributed by atoms with van der Waals surface area (Å²) < 4.78 is 6.54. The van der Waals surface area contributed by atoms with Crippen LogP contribution in [0.5, 0.6) is 0 Å². The minimum atomic E-state index is -0.193. The highest BCUT2D eigenvalue weighted by Gasteiger charge is 2.13. The zero-order valence-corrected chi connectivity index (χ0v) is 12.3. The lowest BCUT2D eigenvalue weighted by atomic mass is 10.2. The highest BCUT2D eigenvalue weighted by atomic mass is 79.9. The van der Waals surface area contributed by atoms with Gasteiger partial charge >= 0.3 is 0 Å². The Labute approximate surface area is 115 Å². The van der Waals surface area contributed by atoms with Crippen molar-refractivity contribution in [1.29, 1.82) is 0 Å². The standard InChI is InChI=1S/C11H10Br2N2O2/c1-2-3-7-8(13)11(16)15-10(14-7)9-6(12)4-5-17-9/h4-5H,2-3H2,1H3,(H,14,15,16). The van der Waals surface area contributed by atoms with E-state index in [1.807, 2.05) is 6.92 Å². The molecule has 2 aromatic rings. The van der Waals surface area contributed by atoms with Crippen molar-refractivity contribution in [3.8, 4) is 11.6 Å². The fourth-order valence-electron chi connectivity index (χ4n) is 1.48. The lowest BCUT2D eigenvalue weighted by molar-refractivity contribution is 0.575. The average Bonchev–Trinajstić information content (AvgIpc) is 2.71. The predicted octanol–water partition coefficient (Wildman–Crippen LogP) is 3.51. The number of hydrogen-bond donors (Lipinski definition) is 1. The number of furan rings is 1. The van der Waals surface area contributed by atoms with Crippen LogP contribution in [-0.4, -0.2) is 9.97 Å². The minimum Gasteiger partial charge on any atom is -0.460 e. The van der Waals surface area contributed by atoms with Crippen molar-refractivity contribution >= 4 is 31.9 Å². The van der Waals surface area contributed by atoms with Gasteiger partial charge in [-0.25, -0.2) is 4.98 Å². The Morgan fingerprint density at radius 3 is 2.82 bits per heavy atom. The molecule has 0 saturated heterocycles. The van der Waals surface area contributed by atoms with Gasteiger partial charge in [0.15, 0.2) is 11.6 Å². The lowest BCUT2D eigenvalue weighted by Gasteiger charge is -2.04. The molecule has 0 spiro atoms. The van der Waals surface area contributed by atoms with Gasteiger partial charge in [0.1, 0.15) is 4.47 Å². The molecule has 2 rings (SSSR count). The monoisotopic (exact) mass is 360 g/mol. The van der Waals surface area contributed by atoms with Gasteiger partial charge in [0.2, 0.25) is 0 Å². The van der Waals surface area contributed by atoms with E-state index in [2.05, 4.69) is 41.8 Å². The molecule has 90 valence electrons. The van der Waals surface area contributed by atoms with Crippen LogP contribution >= 0.6 is 31.9 Å². The number of aromatic nitrogens is 2. The molecular weight excluding hydrogens is 352 g/mol. The highest BCUT2D eigenvalue weighted by molar-refractivity contribution is 9.10. The van der Waals surface area contributed by atoms with Crippen molar-refractivity contribution in [2.75, 3.05) is 0 Å². The second kappa shape index (κ2) is 5.18. The van der Waals surface area contributed by atoms with Crippen molar-refractivity contribution in [3.63, 3.8) is 0 Å². The molecule has 6 heteroatoms. The average molecular weight is 362 g/mol. The third-order valence-electron chi connectivity index (χ3n) is 2.25. The SMILES string of the molecule is CCCc1nc(-c2occc2Br)[nH]c(=O)c1Br. The van der Waals surface area contributed by atoms with Gasteiger partial charge in [0.05, 0.1) is 16.4 Å². The van der Waals surface area contributed by atoms with Crippen LogP contribution in [0.3, 0.4) is 0 Å². The van der Waals surface area contributed by atoms with Crippen LogP contribution in [0.2, 0.25) is 0 Å².